The highest BCUT2D eigenvalue weighted by Gasteiger charge is 2.24. The molecular weight excluding hydrogens is 340 g/mol. The van der Waals surface area contributed by atoms with E-state index in [4.69, 9.17) is 4.52 Å². The predicted molar refractivity (Wildman–Crippen MR) is 102 cm³/mol. The highest BCUT2D eigenvalue weighted by molar-refractivity contribution is 6.04. The van der Waals surface area contributed by atoms with Crippen LogP contribution in [0.5, 0.6) is 0 Å². The summed E-state index contributed by atoms with van der Waals surface area (Å²) in [6.45, 7) is 0. The summed E-state index contributed by atoms with van der Waals surface area (Å²) in [5.74, 6) is 0.636. The summed E-state index contributed by atoms with van der Waals surface area (Å²) in [5.41, 5.74) is 5.07. The van der Waals surface area contributed by atoms with Gasteiger partial charge in [-0.25, -0.2) is 4.98 Å². The van der Waals surface area contributed by atoms with E-state index in [9.17, 15) is 4.79 Å². The monoisotopic (exact) mass is 358 g/mol. The number of hydrogen-bond donors (Lipinski definition) is 1. The molecule has 2 aromatic carbocycles. The maximum Gasteiger partial charge on any atom is 0.278 e. The largest absolute Gasteiger partial charge is 0.360 e. The van der Waals surface area contributed by atoms with E-state index in [0.29, 0.717) is 5.69 Å². The summed E-state index contributed by atoms with van der Waals surface area (Å²) in [4.78, 5) is 17.0. The molecule has 134 valence electrons. The third kappa shape index (κ3) is 2.79. The molecule has 0 fully saturated rings. The zero-order chi connectivity index (χ0) is 18.2. The Morgan fingerprint density at radius 2 is 1.85 bits per heavy atom. The molecule has 2 heterocycles. The van der Waals surface area contributed by atoms with Crippen molar-refractivity contribution < 1.29 is 9.32 Å². The van der Waals surface area contributed by atoms with Gasteiger partial charge in [-0.3, -0.25) is 9.36 Å². The third-order valence-electron chi connectivity index (χ3n) is 5.02. The quantitative estimate of drug-likeness (QED) is 0.597. The number of fused-ring (bicyclic) bond motifs is 2. The number of hydrogen-bond acceptors (Lipinski definition) is 4. The van der Waals surface area contributed by atoms with Gasteiger partial charge in [0.15, 0.2) is 5.69 Å². The number of carbonyl (C=O) groups excluding carboxylic acids is 1. The number of aryl methyl sites for hydroxylation is 1. The van der Waals surface area contributed by atoms with E-state index in [1.807, 2.05) is 53.1 Å². The molecule has 1 aliphatic carbocycles. The Labute approximate surface area is 155 Å². The van der Waals surface area contributed by atoms with Crippen LogP contribution in [0, 0.1) is 0 Å². The summed E-state index contributed by atoms with van der Waals surface area (Å²) < 4.78 is 7.36. The lowest BCUT2D eigenvalue weighted by Crippen LogP contribution is -2.15. The minimum absolute atomic E-state index is 0.220. The summed E-state index contributed by atoms with van der Waals surface area (Å²) >= 11 is 0. The number of nitrogens with zero attached hydrogens (tertiary/aromatic N) is 3. The van der Waals surface area contributed by atoms with Gasteiger partial charge in [0.2, 0.25) is 0 Å². The first-order valence-electron chi connectivity index (χ1n) is 9.11. The van der Waals surface area contributed by atoms with E-state index in [2.05, 4.69) is 15.5 Å². The summed E-state index contributed by atoms with van der Waals surface area (Å²) in [7, 11) is 0. The normalized spacial score (nSPS) is 13.5. The van der Waals surface area contributed by atoms with E-state index >= 15 is 0 Å². The molecule has 0 saturated carbocycles. The van der Waals surface area contributed by atoms with Gasteiger partial charge in [-0.05, 0) is 55.7 Å². The fourth-order valence-electron chi connectivity index (χ4n) is 3.62. The molecule has 1 amide bonds. The molecule has 0 radical (unpaired) electrons. The summed E-state index contributed by atoms with van der Waals surface area (Å²) in [6, 6.07) is 15.7. The van der Waals surface area contributed by atoms with Crippen LogP contribution in [0.15, 0.2) is 59.4 Å². The second-order valence-corrected chi connectivity index (χ2v) is 6.74. The molecule has 5 rings (SSSR count). The Morgan fingerprint density at radius 3 is 2.74 bits per heavy atom. The van der Waals surface area contributed by atoms with Crippen molar-refractivity contribution in [3.63, 3.8) is 0 Å². The molecule has 0 atom stereocenters. The number of benzene rings is 2. The lowest BCUT2D eigenvalue weighted by Gasteiger charge is -2.10. The van der Waals surface area contributed by atoms with Crippen molar-refractivity contribution in [1.82, 2.24) is 14.7 Å². The molecule has 27 heavy (non-hydrogen) atoms. The first-order valence-corrected chi connectivity index (χ1v) is 9.11. The van der Waals surface area contributed by atoms with Crippen molar-refractivity contribution in [1.29, 1.82) is 0 Å². The SMILES string of the molecule is O=C(Nc1ccc(-n2cnc3ccccc32)cc1)c1noc2c1CCCC2. The average molecular weight is 358 g/mol. The fourth-order valence-corrected chi connectivity index (χ4v) is 3.62. The molecule has 0 unspecified atom stereocenters. The van der Waals surface area contributed by atoms with Crippen LogP contribution in [0.3, 0.4) is 0 Å². The Morgan fingerprint density at radius 1 is 1.04 bits per heavy atom. The van der Waals surface area contributed by atoms with E-state index in [1.165, 1.54) is 0 Å². The fraction of sp³-hybridized carbons (Fsp3) is 0.190. The number of aromatic nitrogens is 3. The first kappa shape index (κ1) is 15.8. The molecule has 1 N–H and O–H groups in total. The minimum Gasteiger partial charge on any atom is -0.360 e. The molecule has 6 heteroatoms. The summed E-state index contributed by atoms with van der Waals surface area (Å²) in [5, 5.41) is 6.90. The molecule has 0 bridgehead atoms. The molecule has 0 saturated heterocycles. The van der Waals surface area contributed by atoms with Crippen molar-refractivity contribution in [2.24, 2.45) is 0 Å². The van der Waals surface area contributed by atoms with Crippen LogP contribution < -0.4 is 5.32 Å². The average Bonchev–Trinajstić information content (AvgIpc) is 3.33. The number of anilines is 1. The van der Waals surface area contributed by atoms with Gasteiger partial charge >= 0.3 is 0 Å². The van der Waals surface area contributed by atoms with Crippen molar-refractivity contribution in [3.8, 4) is 5.69 Å². The van der Waals surface area contributed by atoms with Crippen LogP contribution in [0.2, 0.25) is 0 Å². The van der Waals surface area contributed by atoms with Crippen molar-refractivity contribution in [2.45, 2.75) is 25.7 Å². The van der Waals surface area contributed by atoms with Crippen molar-refractivity contribution in [2.75, 3.05) is 5.32 Å². The number of amides is 1. The van der Waals surface area contributed by atoms with Crippen LogP contribution >= 0.6 is 0 Å². The van der Waals surface area contributed by atoms with Crippen LogP contribution in [0.25, 0.3) is 16.7 Å². The molecule has 6 nitrogen and oxygen atoms in total. The highest BCUT2D eigenvalue weighted by Crippen LogP contribution is 2.25. The topological polar surface area (TPSA) is 73.0 Å². The van der Waals surface area contributed by atoms with E-state index < -0.39 is 0 Å². The minimum atomic E-state index is -0.220. The first-order chi connectivity index (χ1) is 13.3. The van der Waals surface area contributed by atoms with Gasteiger partial charge in [0.05, 0.1) is 11.0 Å². The smallest absolute Gasteiger partial charge is 0.278 e. The third-order valence-corrected chi connectivity index (χ3v) is 5.02. The number of rotatable bonds is 3. The van der Waals surface area contributed by atoms with Crippen molar-refractivity contribution >= 4 is 22.6 Å². The second kappa shape index (κ2) is 6.39. The molecule has 1 aliphatic rings. The number of para-hydroxylation sites is 2. The standard InChI is InChI=1S/C21H18N4O2/c26-21(20-16-5-1-4-8-19(16)27-24-20)23-14-9-11-15(12-10-14)25-13-22-17-6-2-3-7-18(17)25/h2-3,6-7,9-13H,1,4-5,8H2,(H,23,26). The van der Waals surface area contributed by atoms with Gasteiger partial charge in [0.1, 0.15) is 12.1 Å². The van der Waals surface area contributed by atoms with E-state index in [-0.39, 0.29) is 5.91 Å². The zero-order valence-corrected chi connectivity index (χ0v) is 14.7. The lowest BCUT2D eigenvalue weighted by atomic mass is 9.96. The number of carbonyl (C=O) groups is 1. The number of nitrogens with one attached hydrogen (secondary N) is 1. The van der Waals surface area contributed by atoms with Gasteiger partial charge in [0.25, 0.3) is 5.91 Å². The Hall–Kier alpha value is -3.41. The number of imidazole rings is 1. The van der Waals surface area contributed by atoms with Gasteiger partial charge < -0.3 is 9.84 Å². The second-order valence-electron chi connectivity index (χ2n) is 6.74. The van der Waals surface area contributed by atoms with Crippen LogP contribution in [-0.2, 0) is 12.8 Å². The highest BCUT2D eigenvalue weighted by atomic mass is 16.5. The van der Waals surface area contributed by atoms with E-state index in [0.717, 1.165) is 59.4 Å². The van der Waals surface area contributed by atoms with Gasteiger partial charge in [-0.2, -0.15) is 0 Å². The zero-order valence-electron chi connectivity index (χ0n) is 14.7. The Balaban J connectivity index is 1.38. The maximum atomic E-state index is 12.6. The summed E-state index contributed by atoms with van der Waals surface area (Å²) in [6.07, 6.45) is 5.69. The lowest BCUT2D eigenvalue weighted by molar-refractivity contribution is 0.101. The molecular formula is C21H18N4O2. The van der Waals surface area contributed by atoms with Gasteiger partial charge in [0, 0.05) is 23.4 Å². The van der Waals surface area contributed by atoms with Crippen LogP contribution in [0.4, 0.5) is 5.69 Å². The van der Waals surface area contributed by atoms with Crippen LogP contribution in [0.1, 0.15) is 34.7 Å². The molecule has 4 aromatic rings. The van der Waals surface area contributed by atoms with E-state index in [1.54, 1.807) is 6.33 Å². The molecule has 0 aliphatic heterocycles. The van der Waals surface area contributed by atoms with Gasteiger partial charge in [-0.1, -0.05) is 17.3 Å². The Kier molecular flexibility index (Phi) is 3.74. The maximum absolute atomic E-state index is 12.6. The predicted octanol–water partition coefficient (Wildman–Crippen LogP) is 4.14. The Bertz CT molecular complexity index is 1120. The van der Waals surface area contributed by atoms with Gasteiger partial charge in [-0.15, -0.1) is 0 Å². The molecule has 0 spiro atoms. The van der Waals surface area contributed by atoms with Crippen molar-refractivity contribution in [3.05, 3.63) is 71.9 Å². The van der Waals surface area contributed by atoms with Crippen LogP contribution in [-0.4, -0.2) is 20.6 Å². The molecule has 2 aromatic heterocycles.